The van der Waals surface area contributed by atoms with E-state index in [2.05, 4.69) is 10.5 Å². The van der Waals surface area contributed by atoms with Gasteiger partial charge in [0, 0.05) is 18.6 Å². The number of carbonyl (C=O) groups excluding carboxylic acids is 2. The van der Waals surface area contributed by atoms with Crippen molar-refractivity contribution < 1.29 is 28.3 Å². The van der Waals surface area contributed by atoms with Gasteiger partial charge in [-0.1, -0.05) is 5.16 Å². The summed E-state index contributed by atoms with van der Waals surface area (Å²) in [5.74, 6) is 1.63. The third-order valence-electron chi connectivity index (χ3n) is 3.86. The number of nitrogens with one attached hydrogen (secondary N) is 1. The number of ether oxygens (including phenoxy) is 3. The summed E-state index contributed by atoms with van der Waals surface area (Å²) in [6, 6.07) is 15.2. The molecule has 8 heteroatoms. The first-order valence-corrected chi connectivity index (χ1v) is 8.81. The van der Waals surface area contributed by atoms with E-state index in [-0.39, 0.29) is 25.0 Å². The predicted molar refractivity (Wildman–Crippen MR) is 103 cm³/mol. The van der Waals surface area contributed by atoms with Gasteiger partial charge in [0.25, 0.3) is 5.91 Å². The third kappa shape index (κ3) is 5.83. The topological polar surface area (TPSA) is 99.9 Å². The van der Waals surface area contributed by atoms with Gasteiger partial charge in [0.15, 0.2) is 5.76 Å². The molecule has 150 valence electrons. The first-order chi connectivity index (χ1) is 14.0. The molecule has 0 spiro atoms. The maximum Gasteiger partial charge on any atom is 0.308 e. The molecule has 2 aromatic carbocycles. The highest BCUT2D eigenvalue weighted by Gasteiger charge is 2.09. The molecule has 0 fully saturated rings. The van der Waals surface area contributed by atoms with Gasteiger partial charge in [0.05, 0.1) is 13.7 Å². The minimum atomic E-state index is -0.382. The van der Waals surface area contributed by atoms with E-state index >= 15 is 0 Å². The van der Waals surface area contributed by atoms with Crippen LogP contribution >= 0.6 is 0 Å². The molecule has 0 atom stereocenters. The summed E-state index contributed by atoms with van der Waals surface area (Å²) in [6.45, 7) is 1.74. The average molecular weight is 396 g/mol. The summed E-state index contributed by atoms with van der Waals surface area (Å²) in [7, 11) is 1.57. The predicted octanol–water partition coefficient (Wildman–Crippen LogP) is 3.12. The van der Waals surface area contributed by atoms with Gasteiger partial charge >= 0.3 is 5.97 Å². The van der Waals surface area contributed by atoms with Gasteiger partial charge in [-0.15, -0.1) is 0 Å². The normalized spacial score (nSPS) is 10.3. The zero-order valence-electron chi connectivity index (χ0n) is 16.0. The van der Waals surface area contributed by atoms with Crippen LogP contribution < -0.4 is 19.5 Å². The standard InChI is InChI=1S/C21H20N2O6/c1-14(24)28-19-9-7-18(8-10-19)27-13-16-11-20(29-23-16)12-22-21(25)15-3-5-17(26-2)6-4-15/h3-11H,12-13H2,1-2H3,(H,22,25). The van der Waals surface area contributed by atoms with Crippen molar-refractivity contribution in [2.75, 3.05) is 7.11 Å². The van der Waals surface area contributed by atoms with Crippen LogP contribution in [0.3, 0.4) is 0 Å². The Hall–Kier alpha value is -3.81. The number of hydrogen-bond donors (Lipinski definition) is 1. The SMILES string of the molecule is COc1ccc(C(=O)NCc2cc(COc3ccc(OC(C)=O)cc3)no2)cc1. The smallest absolute Gasteiger partial charge is 0.308 e. The molecule has 3 aromatic rings. The molecular weight excluding hydrogens is 376 g/mol. The lowest BCUT2D eigenvalue weighted by atomic mass is 10.2. The van der Waals surface area contributed by atoms with Gasteiger partial charge < -0.3 is 24.1 Å². The van der Waals surface area contributed by atoms with Crippen molar-refractivity contribution in [1.82, 2.24) is 10.5 Å². The molecule has 29 heavy (non-hydrogen) atoms. The maximum atomic E-state index is 12.2. The molecule has 8 nitrogen and oxygen atoms in total. The molecule has 1 amide bonds. The first-order valence-electron chi connectivity index (χ1n) is 8.81. The summed E-state index contributed by atoms with van der Waals surface area (Å²) in [6.07, 6.45) is 0. The lowest BCUT2D eigenvalue weighted by Gasteiger charge is -2.05. The second kappa shape index (κ2) is 9.41. The molecule has 1 heterocycles. The number of rotatable bonds is 8. The van der Waals surface area contributed by atoms with Crippen LogP contribution in [0.25, 0.3) is 0 Å². The zero-order valence-corrected chi connectivity index (χ0v) is 16.0. The number of hydrogen-bond acceptors (Lipinski definition) is 7. The maximum absolute atomic E-state index is 12.2. The molecular formula is C21H20N2O6. The van der Waals surface area contributed by atoms with Crippen LogP contribution in [0.1, 0.15) is 28.7 Å². The number of nitrogens with zero attached hydrogens (tertiary/aromatic N) is 1. The number of benzene rings is 2. The minimum absolute atomic E-state index is 0.197. The summed E-state index contributed by atoms with van der Waals surface area (Å²) < 4.78 is 20.9. The number of carbonyl (C=O) groups is 2. The second-order valence-electron chi connectivity index (χ2n) is 6.05. The fourth-order valence-corrected chi connectivity index (χ4v) is 2.45. The fourth-order valence-electron chi connectivity index (χ4n) is 2.45. The van der Waals surface area contributed by atoms with Crippen molar-refractivity contribution in [2.24, 2.45) is 0 Å². The van der Waals surface area contributed by atoms with E-state index in [0.29, 0.717) is 34.3 Å². The Morgan fingerprint density at radius 2 is 1.66 bits per heavy atom. The number of esters is 1. The van der Waals surface area contributed by atoms with E-state index < -0.39 is 0 Å². The fraction of sp³-hybridized carbons (Fsp3) is 0.190. The van der Waals surface area contributed by atoms with Crippen molar-refractivity contribution in [3.63, 3.8) is 0 Å². The van der Waals surface area contributed by atoms with Crippen LogP contribution in [0, 0.1) is 0 Å². The van der Waals surface area contributed by atoms with Crippen LogP contribution in [0.5, 0.6) is 17.2 Å². The van der Waals surface area contributed by atoms with Crippen LogP contribution in [0.15, 0.2) is 59.1 Å². The van der Waals surface area contributed by atoms with Crippen molar-refractivity contribution in [1.29, 1.82) is 0 Å². The lowest BCUT2D eigenvalue weighted by molar-refractivity contribution is -0.131. The summed E-state index contributed by atoms with van der Waals surface area (Å²) in [4.78, 5) is 23.1. The molecule has 0 saturated heterocycles. The Labute approximate surface area is 167 Å². The Bertz CT molecular complexity index is 964. The molecule has 0 unspecified atom stereocenters. The van der Waals surface area contributed by atoms with E-state index in [0.717, 1.165) is 0 Å². The van der Waals surface area contributed by atoms with Crippen molar-refractivity contribution in [3.8, 4) is 17.2 Å². The number of aromatic nitrogens is 1. The van der Waals surface area contributed by atoms with E-state index in [4.69, 9.17) is 18.7 Å². The van der Waals surface area contributed by atoms with Crippen molar-refractivity contribution in [3.05, 3.63) is 71.6 Å². The Morgan fingerprint density at radius 1 is 1.00 bits per heavy atom. The van der Waals surface area contributed by atoms with E-state index in [1.54, 1.807) is 61.7 Å². The average Bonchev–Trinajstić information content (AvgIpc) is 3.19. The second-order valence-corrected chi connectivity index (χ2v) is 6.05. The minimum Gasteiger partial charge on any atom is -0.497 e. The van der Waals surface area contributed by atoms with E-state index in [1.807, 2.05) is 0 Å². The molecule has 0 aliphatic carbocycles. The van der Waals surface area contributed by atoms with Gasteiger partial charge in [-0.25, -0.2) is 0 Å². The highest BCUT2D eigenvalue weighted by molar-refractivity contribution is 5.94. The van der Waals surface area contributed by atoms with Gasteiger partial charge in [-0.2, -0.15) is 0 Å². The van der Waals surface area contributed by atoms with Crippen LogP contribution in [0.2, 0.25) is 0 Å². The molecule has 0 aliphatic heterocycles. The van der Waals surface area contributed by atoms with Gasteiger partial charge in [0.1, 0.15) is 29.5 Å². The molecule has 3 rings (SSSR count). The van der Waals surface area contributed by atoms with Crippen molar-refractivity contribution in [2.45, 2.75) is 20.1 Å². The summed E-state index contributed by atoms with van der Waals surface area (Å²) >= 11 is 0. The van der Waals surface area contributed by atoms with Crippen molar-refractivity contribution >= 4 is 11.9 Å². The monoisotopic (exact) mass is 396 g/mol. The van der Waals surface area contributed by atoms with Crippen LogP contribution in [0.4, 0.5) is 0 Å². The van der Waals surface area contributed by atoms with Gasteiger partial charge in [-0.05, 0) is 48.5 Å². The van der Waals surface area contributed by atoms with Crippen LogP contribution in [-0.2, 0) is 17.9 Å². The Kier molecular flexibility index (Phi) is 6.47. The molecule has 1 N–H and O–H groups in total. The largest absolute Gasteiger partial charge is 0.497 e. The highest BCUT2D eigenvalue weighted by atomic mass is 16.5. The third-order valence-corrected chi connectivity index (χ3v) is 3.86. The number of amides is 1. The highest BCUT2D eigenvalue weighted by Crippen LogP contribution is 2.19. The van der Waals surface area contributed by atoms with Gasteiger partial charge in [-0.3, -0.25) is 9.59 Å². The first kappa shape index (κ1) is 19.9. The molecule has 0 bridgehead atoms. The number of methoxy groups -OCH3 is 1. The Morgan fingerprint density at radius 3 is 2.31 bits per heavy atom. The lowest BCUT2D eigenvalue weighted by Crippen LogP contribution is -2.22. The molecule has 0 saturated carbocycles. The van der Waals surface area contributed by atoms with Gasteiger partial charge in [0.2, 0.25) is 0 Å². The molecule has 0 aliphatic rings. The summed E-state index contributed by atoms with van der Waals surface area (Å²) in [5.41, 5.74) is 1.11. The summed E-state index contributed by atoms with van der Waals surface area (Å²) in [5, 5.41) is 6.69. The molecule has 1 aromatic heterocycles. The Balaban J connectivity index is 1.47. The van der Waals surface area contributed by atoms with E-state index in [1.165, 1.54) is 6.92 Å². The molecule has 0 radical (unpaired) electrons. The van der Waals surface area contributed by atoms with Crippen LogP contribution in [-0.4, -0.2) is 24.1 Å². The van der Waals surface area contributed by atoms with E-state index in [9.17, 15) is 9.59 Å². The zero-order chi connectivity index (χ0) is 20.6. The quantitative estimate of drug-likeness (QED) is 0.461.